The summed E-state index contributed by atoms with van der Waals surface area (Å²) in [5.74, 6) is 1.49. The van der Waals surface area contributed by atoms with Gasteiger partial charge < -0.3 is 29.2 Å². The Morgan fingerprint density at radius 2 is 1.29 bits per heavy atom. The third-order valence-corrected chi connectivity index (χ3v) is 7.55. The topological polar surface area (TPSA) is 94.5 Å². The summed E-state index contributed by atoms with van der Waals surface area (Å²) in [5, 5.41) is 23.9. The molecule has 0 atom stereocenters. The molecule has 1 aliphatic carbocycles. The van der Waals surface area contributed by atoms with Crippen molar-refractivity contribution in [2.75, 3.05) is 28.4 Å². The highest BCUT2D eigenvalue weighted by atomic mass is 16.5. The van der Waals surface area contributed by atoms with Crippen LogP contribution in [0.5, 0.6) is 34.5 Å². The van der Waals surface area contributed by atoms with E-state index in [9.17, 15) is 15.0 Å². The Kier molecular flexibility index (Phi) is 5.90. The van der Waals surface area contributed by atoms with Crippen LogP contribution in [0.1, 0.15) is 46.5 Å². The summed E-state index contributed by atoms with van der Waals surface area (Å²) in [5.41, 5.74) is 3.12. The Bertz CT molecular complexity index is 1610. The monoisotopic (exact) mass is 514 g/mol. The van der Waals surface area contributed by atoms with Gasteiger partial charge in [-0.2, -0.15) is 0 Å². The Morgan fingerprint density at radius 3 is 1.89 bits per heavy atom. The van der Waals surface area contributed by atoms with E-state index in [2.05, 4.69) is 0 Å². The molecule has 0 heterocycles. The molecule has 0 fully saturated rings. The lowest BCUT2D eigenvalue weighted by atomic mass is 9.67. The number of benzene rings is 4. The zero-order valence-corrected chi connectivity index (χ0v) is 22.5. The van der Waals surface area contributed by atoms with Gasteiger partial charge in [-0.05, 0) is 59.3 Å². The SMILES string of the molecule is COc1cc(C)c(-c2cc(OC)cc3cc4c(c(O)c23)C(=O)c2c(OC)cc(OC)cc2C4(C)C)c(O)c1. The first-order valence-corrected chi connectivity index (χ1v) is 12.1. The molecule has 0 saturated heterocycles. The number of rotatable bonds is 5. The number of fused-ring (bicyclic) bond motifs is 3. The summed E-state index contributed by atoms with van der Waals surface area (Å²) in [6.45, 7) is 5.85. The predicted molar refractivity (Wildman–Crippen MR) is 146 cm³/mol. The molecule has 0 unspecified atom stereocenters. The number of carbonyl (C=O) groups excluding carboxylic acids is 1. The molecule has 4 aromatic carbocycles. The second-order valence-corrected chi connectivity index (χ2v) is 9.97. The van der Waals surface area contributed by atoms with Gasteiger partial charge in [-0.25, -0.2) is 0 Å². The molecular formula is C31H30O7. The van der Waals surface area contributed by atoms with Crippen LogP contribution in [0.3, 0.4) is 0 Å². The van der Waals surface area contributed by atoms with Crippen LogP contribution >= 0.6 is 0 Å². The van der Waals surface area contributed by atoms with E-state index in [1.54, 1.807) is 32.4 Å². The van der Waals surface area contributed by atoms with Crippen LogP contribution in [0.4, 0.5) is 0 Å². The maximum Gasteiger partial charge on any atom is 0.201 e. The molecule has 4 aromatic rings. The molecular weight excluding hydrogens is 484 g/mol. The zero-order valence-electron chi connectivity index (χ0n) is 22.5. The maximum atomic E-state index is 14.1. The lowest BCUT2D eigenvalue weighted by Gasteiger charge is -2.36. The first-order valence-electron chi connectivity index (χ1n) is 12.1. The average Bonchev–Trinajstić information content (AvgIpc) is 2.90. The summed E-state index contributed by atoms with van der Waals surface area (Å²) in [4.78, 5) is 14.1. The van der Waals surface area contributed by atoms with Crippen LogP contribution in [0.25, 0.3) is 21.9 Å². The van der Waals surface area contributed by atoms with Crippen LogP contribution in [-0.2, 0) is 5.41 Å². The number of methoxy groups -OCH3 is 4. The van der Waals surface area contributed by atoms with Crippen molar-refractivity contribution in [3.05, 3.63) is 70.3 Å². The molecule has 5 rings (SSSR count). The molecule has 0 saturated carbocycles. The summed E-state index contributed by atoms with van der Waals surface area (Å²) in [6.07, 6.45) is 0. The third kappa shape index (κ3) is 3.53. The first-order chi connectivity index (χ1) is 18.1. The van der Waals surface area contributed by atoms with Gasteiger partial charge >= 0.3 is 0 Å². The minimum atomic E-state index is -0.673. The van der Waals surface area contributed by atoms with Crippen molar-refractivity contribution in [3.8, 4) is 45.6 Å². The van der Waals surface area contributed by atoms with E-state index in [0.717, 1.165) is 11.1 Å². The van der Waals surface area contributed by atoms with Crippen molar-refractivity contribution in [1.82, 2.24) is 0 Å². The van der Waals surface area contributed by atoms with E-state index < -0.39 is 5.41 Å². The van der Waals surface area contributed by atoms with E-state index >= 15 is 0 Å². The minimum absolute atomic E-state index is 0.0145. The number of aryl methyl sites for hydroxylation is 1. The fraction of sp³-hybridized carbons (Fsp3) is 0.258. The summed E-state index contributed by atoms with van der Waals surface area (Å²) >= 11 is 0. The van der Waals surface area contributed by atoms with Gasteiger partial charge in [-0.15, -0.1) is 0 Å². The number of hydrogen-bond donors (Lipinski definition) is 2. The third-order valence-electron chi connectivity index (χ3n) is 7.55. The highest BCUT2D eigenvalue weighted by Crippen LogP contribution is 2.52. The number of ketones is 1. The molecule has 7 nitrogen and oxygen atoms in total. The molecule has 0 bridgehead atoms. The molecule has 0 amide bonds. The number of aromatic hydroxyl groups is 2. The average molecular weight is 515 g/mol. The smallest absolute Gasteiger partial charge is 0.201 e. The zero-order chi connectivity index (χ0) is 27.5. The Labute approximate surface area is 221 Å². The molecule has 1 aliphatic rings. The number of hydrogen-bond acceptors (Lipinski definition) is 7. The summed E-state index contributed by atoms with van der Waals surface area (Å²) < 4.78 is 22.0. The van der Waals surface area contributed by atoms with E-state index in [1.807, 2.05) is 39.0 Å². The maximum absolute atomic E-state index is 14.1. The van der Waals surface area contributed by atoms with Gasteiger partial charge in [-0.1, -0.05) is 13.8 Å². The number of ether oxygens (including phenoxy) is 4. The molecule has 0 aromatic heterocycles. The van der Waals surface area contributed by atoms with Crippen LogP contribution in [0, 0.1) is 6.92 Å². The van der Waals surface area contributed by atoms with Crippen molar-refractivity contribution >= 4 is 16.6 Å². The molecule has 2 N–H and O–H groups in total. The standard InChI is InChI=1S/C31H30O7/c1-15-8-17(35-4)13-23(32)25(15)20-11-18(36-5)9-16-10-21-28(29(33)26(16)20)30(34)27-22(31(21,2)3)12-19(37-6)14-24(27)38-7/h8-14,32-33H,1-7H3. The number of phenolic OH excluding ortho intramolecular Hbond substituents is 2. The van der Waals surface area contributed by atoms with Crippen LogP contribution in [-0.4, -0.2) is 44.4 Å². The van der Waals surface area contributed by atoms with Crippen LogP contribution < -0.4 is 18.9 Å². The van der Waals surface area contributed by atoms with Gasteiger partial charge in [-0.3, -0.25) is 4.79 Å². The van der Waals surface area contributed by atoms with E-state index in [-0.39, 0.29) is 22.8 Å². The first kappa shape index (κ1) is 25.3. The highest BCUT2D eigenvalue weighted by molar-refractivity contribution is 6.20. The Balaban J connectivity index is 1.90. The van der Waals surface area contributed by atoms with Gasteiger partial charge in [0.15, 0.2) is 0 Å². The van der Waals surface area contributed by atoms with Gasteiger partial charge in [0.1, 0.15) is 34.5 Å². The Hall–Kier alpha value is -4.39. The van der Waals surface area contributed by atoms with Crippen molar-refractivity contribution in [3.63, 3.8) is 0 Å². The lowest BCUT2D eigenvalue weighted by molar-refractivity contribution is 0.102. The molecule has 196 valence electrons. The van der Waals surface area contributed by atoms with E-state index in [1.165, 1.54) is 20.3 Å². The second kappa shape index (κ2) is 8.87. The number of phenols is 2. The van der Waals surface area contributed by atoms with Gasteiger partial charge in [0.25, 0.3) is 0 Å². The van der Waals surface area contributed by atoms with Gasteiger partial charge in [0.05, 0.1) is 39.6 Å². The second-order valence-electron chi connectivity index (χ2n) is 9.97. The fourth-order valence-electron chi connectivity index (χ4n) is 5.60. The molecule has 0 aliphatic heterocycles. The Morgan fingerprint density at radius 1 is 0.684 bits per heavy atom. The normalized spacial score (nSPS) is 13.6. The molecule has 0 radical (unpaired) electrons. The van der Waals surface area contributed by atoms with Gasteiger partial charge in [0.2, 0.25) is 5.78 Å². The predicted octanol–water partition coefficient (Wildman–Crippen LogP) is 6.13. The van der Waals surface area contributed by atoms with E-state index in [4.69, 9.17) is 18.9 Å². The molecule has 0 spiro atoms. The van der Waals surface area contributed by atoms with Gasteiger partial charge in [0, 0.05) is 34.1 Å². The lowest BCUT2D eigenvalue weighted by Crippen LogP contribution is -2.31. The summed E-state index contributed by atoms with van der Waals surface area (Å²) in [7, 11) is 6.16. The van der Waals surface area contributed by atoms with Crippen LogP contribution in [0.2, 0.25) is 0 Å². The minimum Gasteiger partial charge on any atom is -0.507 e. The van der Waals surface area contributed by atoms with Crippen molar-refractivity contribution in [1.29, 1.82) is 0 Å². The molecule has 7 heteroatoms. The van der Waals surface area contributed by atoms with Crippen molar-refractivity contribution in [2.45, 2.75) is 26.2 Å². The number of carbonyl (C=O) groups is 1. The van der Waals surface area contributed by atoms with Crippen LogP contribution in [0.15, 0.2) is 42.5 Å². The largest absolute Gasteiger partial charge is 0.507 e. The highest BCUT2D eigenvalue weighted by Gasteiger charge is 2.42. The van der Waals surface area contributed by atoms with E-state index in [0.29, 0.717) is 56.0 Å². The molecule has 38 heavy (non-hydrogen) atoms. The summed E-state index contributed by atoms with van der Waals surface area (Å²) in [6, 6.07) is 12.3. The van der Waals surface area contributed by atoms with Crippen molar-refractivity contribution < 1.29 is 34.0 Å². The quantitative estimate of drug-likeness (QED) is 0.331. The fourth-order valence-corrected chi connectivity index (χ4v) is 5.60. The van der Waals surface area contributed by atoms with Crippen molar-refractivity contribution in [2.24, 2.45) is 0 Å².